The van der Waals surface area contributed by atoms with E-state index in [1.165, 1.54) is 13.2 Å². The molecule has 2 aromatic carbocycles. The van der Waals surface area contributed by atoms with Gasteiger partial charge in [0.2, 0.25) is 0 Å². The summed E-state index contributed by atoms with van der Waals surface area (Å²) in [5, 5.41) is 18.4. The number of nitrogens with zero attached hydrogens (tertiary/aromatic N) is 1. The molecule has 0 aromatic heterocycles. The van der Waals surface area contributed by atoms with Gasteiger partial charge in [0.05, 0.1) is 11.6 Å². The fraction of sp³-hybridized carbons (Fsp3) is 0.0667. The van der Waals surface area contributed by atoms with Gasteiger partial charge in [-0.25, -0.2) is 0 Å². The molecule has 0 bridgehead atoms. The normalized spacial score (nSPS) is 9.76. The zero-order valence-electron chi connectivity index (χ0n) is 11.3. The minimum Gasteiger partial charge on any atom is -0.457 e. The summed E-state index contributed by atoms with van der Waals surface area (Å²) in [5.41, 5.74) is 1.20. The van der Waals surface area contributed by atoms with Gasteiger partial charge in [-0.1, -0.05) is 6.07 Å². The van der Waals surface area contributed by atoms with Crippen LogP contribution in [-0.2, 0) is 4.65 Å². The molecule has 104 valence electrons. The van der Waals surface area contributed by atoms with E-state index in [-0.39, 0.29) is 5.56 Å². The molecule has 2 aromatic rings. The average molecular weight is 281 g/mol. The lowest BCUT2D eigenvalue weighted by atomic mass is 9.76. The van der Waals surface area contributed by atoms with Crippen LogP contribution in [0, 0.1) is 11.3 Å². The predicted molar refractivity (Wildman–Crippen MR) is 77.7 cm³/mol. The summed E-state index contributed by atoms with van der Waals surface area (Å²) >= 11 is 0. The van der Waals surface area contributed by atoms with Crippen molar-refractivity contribution in [3.05, 3.63) is 53.6 Å². The SMILES string of the molecule is COB(O)c1ccc(Oc2ccc(C#N)cc2)cc1C=O. The van der Waals surface area contributed by atoms with Crippen LogP contribution in [0.5, 0.6) is 11.5 Å². The second kappa shape index (κ2) is 6.70. The lowest BCUT2D eigenvalue weighted by Gasteiger charge is -2.10. The second-order valence-corrected chi connectivity index (χ2v) is 4.23. The molecule has 21 heavy (non-hydrogen) atoms. The van der Waals surface area contributed by atoms with E-state index in [0.29, 0.717) is 28.8 Å². The van der Waals surface area contributed by atoms with Gasteiger partial charge in [-0.3, -0.25) is 4.79 Å². The summed E-state index contributed by atoms with van der Waals surface area (Å²) in [7, 11) is 0.189. The number of ether oxygens (including phenoxy) is 1. The summed E-state index contributed by atoms with van der Waals surface area (Å²) in [6.45, 7) is 0. The number of aldehydes is 1. The van der Waals surface area contributed by atoms with Crippen LogP contribution in [-0.4, -0.2) is 25.5 Å². The van der Waals surface area contributed by atoms with E-state index in [9.17, 15) is 9.82 Å². The number of benzene rings is 2. The van der Waals surface area contributed by atoms with Gasteiger partial charge in [0, 0.05) is 12.7 Å². The molecule has 6 heteroatoms. The highest BCUT2D eigenvalue weighted by Gasteiger charge is 2.19. The standard InChI is InChI=1S/C15H12BNO4/c1-20-16(19)15-7-6-14(8-12(15)10-18)21-13-4-2-11(9-17)3-5-13/h2-8,10,19H,1H3. The Bertz CT molecular complexity index is 679. The van der Waals surface area contributed by atoms with E-state index in [1.807, 2.05) is 6.07 Å². The Morgan fingerprint density at radius 3 is 2.43 bits per heavy atom. The molecular formula is C15H12BNO4. The van der Waals surface area contributed by atoms with Crippen molar-refractivity contribution in [2.24, 2.45) is 0 Å². The first-order valence-corrected chi connectivity index (χ1v) is 6.16. The van der Waals surface area contributed by atoms with E-state index in [0.717, 1.165) is 0 Å². The minimum absolute atomic E-state index is 0.287. The molecule has 0 fully saturated rings. The highest BCUT2D eigenvalue weighted by molar-refractivity contribution is 6.61. The Hall–Kier alpha value is -2.62. The first-order chi connectivity index (χ1) is 10.2. The summed E-state index contributed by atoms with van der Waals surface area (Å²) < 4.78 is 10.4. The van der Waals surface area contributed by atoms with Crippen molar-refractivity contribution in [1.82, 2.24) is 0 Å². The first-order valence-electron chi connectivity index (χ1n) is 6.16. The van der Waals surface area contributed by atoms with Crippen molar-refractivity contribution in [2.45, 2.75) is 0 Å². The fourth-order valence-electron chi connectivity index (χ4n) is 1.80. The van der Waals surface area contributed by atoms with Crippen molar-refractivity contribution in [1.29, 1.82) is 5.26 Å². The van der Waals surface area contributed by atoms with Crippen LogP contribution < -0.4 is 10.2 Å². The molecule has 1 N–H and O–H groups in total. The molecule has 0 aliphatic rings. The maximum atomic E-state index is 11.1. The largest absolute Gasteiger partial charge is 0.491 e. The van der Waals surface area contributed by atoms with Gasteiger partial charge in [-0.05, 0) is 41.9 Å². The van der Waals surface area contributed by atoms with Crippen molar-refractivity contribution < 1.29 is 19.2 Å². The number of rotatable bonds is 5. The Morgan fingerprint density at radius 2 is 1.86 bits per heavy atom. The van der Waals surface area contributed by atoms with Crippen LogP contribution in [0.25, 0.3) is 0 Å². The summed E-state index contributed by atoms with van der Waals surface area (Å²) in [4.78, 5) is 11.1. The van der Waals surface area contributed by atoms with Gasteiger partial charge in [0.1, 0.15) is 17.8 Å². The number of nitriles is 1. The van der Waals surface area contributed by atoms with E-state index < -0.39 is 7.12 Å². The highest BCUT2D eigenvalue weighted by Crippen LogP contribution is 2.21. The molecule has 0 amide bonds. The Kier molecular flexibility index (Phi) is 4.72. The number of carbonyl (C=O) groups is 1. The van der Waals surface area contributed by atoms with Crippen molar-refractivity contribution in [3.8, 4) is 17.6 Å². The topological polar surface area (TPSA) is 79.5 Å². The molecule has 0 aliphatic heterocycles. The van der Waals surface area contributed by atoms with E-state index >= 15 is 0 Å². The summed E-state index contributed by atoms with van der Waals surface area (Å²) in [6.07, 6.45) is 0.628. The number of carbonyl (C=O) groups excluding carboxylic acids is 1. The second-order valence-electron chi connectivity index (χ2n) is 4.23. The van der Waals surface area contributed by atoms with Gasteiger partial charge >= 0.3 is 7.12 Å². The maximum Gasteiger partial charge on any atom is 0.491 e. The Labute approximate surface area is 122 Å². The quantitative estimate of drug-likeness (QED) is 0.663. The number of hydrogen-bond acceptors (Lipinski definition) is 5. The molecule has 0 saturated carbocycles. The van der Waals surface area contributed by atoms with Gasteiger partial charge < -0.3 is 14.4 Å². The zero-order valence-corrected chi connectivity index (χ0v) is 11.3. The van der Waals surface area contributed by atoms with E-state index in [4.69, 9.17) is 14.7 Å². The zero-order chi connectivity index (χ0) is 15.2. The van der Waals surface area contributed by atoms with Crippen LogP contribution in [0.2, 0.25) is 0 Å². The smallest absolute Gasteiger partial charge is 0.457 e. The number of hydrogen-bond donors (Lipinski definition) is 1. The van der Waals surface area contributed by atoms with E-state index in [2.05, 4.69) is 0 Å². The van der Waals surface area contributed by atoms with Gasteiger partial charge in [-0.15, -0.1) is 0 Å². The van der Waals surface area contributed by atoms with Crippen LogP contribution in [0.3, 0.4) is 0 Å². The molecule has 0 atom stereocenters. The highest BCUT2D eigenvalue weighted by atomic mass is 16.5. The fourth-order valence-corrected chi connectivity index (χ4v) is 1.80. The monoisotopic (exact) mass is 281 g/mol. The third-order valence-corrected chi connectivity index (χ3v) is 2.89. The lowest BCUT2D eigenvalue weighted by molar-refractivity contribution is 0.112. The van der Waals surface area contributed by atoms with Gasteiger partial charge in [-0.2, -0.15) is 5.26 Å². The van der Waals surface area contributed by atoms with Crippen LogP contribution in [0.15, 0.2) is 42.5 Å². The molecule has 0 aliphatic carbocycles. The molecule has 2 rings (SSSR count). The molecule has 0 radical (unpaired) electrons. The van der Waals surface area contributed by atoms with Crippen molar-refractivity contribution in [2.75, 3.05) is 7.11 Å². The van der Waals surface area contributed by atoms with E-state index in [1.54, 1.807) is 36.4 Å². The third kappa shape index (κ3) is 3.48. The van der Waals surface area contributed by atoms with Crippen LogP contribution >= 0.6 is 0 Å². The molecule has 0 spiro atoms. The van der Waals surface area contributed by atoms with Crippen molar-refractivity contribution >= 4 is 18.9 Å². The molecule has 5 nitrogen and oxygen atoms in total. The lowest BCUT2D eigenvalue weighted by Crippen LogP contribution is -2.35. The van der Waals surface area contributed by atoms with Gasteiger partial charge in [0.15, 0.2) is 0 Å². The Balaban J connectivity index is 2.24. The summed E-state index contributed by atoms with van der Waals surface area (Å²) in [5.74, 6) is 1.000. The molecule has 0 unspecified atom stereocenters. The van der Waals surface area contributed by atoms with Crippen LogP contribution in [0.1, 0.15) is 15.9 Å². The predicted octanol–water partition coefficient (Wildman–Crippen LogP) is 1.50. The third-order valence-electron chi connectivity index (χ3n) is 2.89. The van der Waals surface area contributed by atoms with Crippen molar-refractivity contribution in [3.63, 3.8) is 0 Å². The Morgan fingerprint density at radius 1 is 1.19 bits per heavy atom. The van der Waals surface area contributed by atoms with Gasteiger partial charge in [0.25, 0.3) is 0 Å². The maximum absolute atomic E-state index is 11.1. The average Bonchev–Trinajstić information content (AvgIpc) is 2.54. The van der Waals surface area contributed by atoms with Crippen LogP contribution in [0.4, 0.5) is 0 Å². The minimum atomic E-state index is -1.16. The molecule has 0 saturated heterocycles. The summed E-state index contributed by atoms with van der Waals surface area (Å²) in [6, 6.07) is 13.3. The first kappa shape index (κ1) is 14.8. The molecule has 0 heterocycles. The molecular weight excluding hydrogens is 269 g/mol.